The van der Waals surface area contributed by atoms with E-state index in [2.05, 4.69) is 20.4 Å². The molecule has 3 fully saturated rings. The van der Waals surface area contributed by atoms with E-state index in [1.54, 1.807) is 0 Å². The largest absolute Gasteiger partial charge is 0.454 e. The summed E-state index contributed by atoms with van der Waals surface area (Å²) in [5.74, 6) is 0.308. The van der Waals surface area contributed by atoms with Crippen molar-refractivity contribution in [2.24, 2.45) is 29.1 Å². The van der Waals surface area contributed by atoms with Crippen molar-refractivity contribution in [1.29, 1.82) is 0 Å². The lowest BCUT2D eigenvalue weighted by molar-refractivity contribution is -0.149. The first-order chi connectivity index (χ1) is 8.39. The highest BCUT2D eigenvalue weighted by Crippen LogP contribution is 2.60. The molecule has 0 aromatic rings. The van der Waals surface area contributed by atoms with E-state index in [0.29, 0.717) is 5.92 Å². The monoisotopic (exact) mass is 248 g/mol. The second-order valence-electron chi connectivity index (χ2n) is 6.52. The number of Topliss-reactive ketones (excluding diaryl/α,β-unsaturated/α-hetero) is 1. The van der Waals surface area contributed by atoms with Crippen molar-refractivity contribution < 1.29 is 14.3 Å². The Labute approximate surface area is 108 Å². The van der Waals surface area contributed by atoms with Crippen LogP contribution in [0.25, 0.3) is 0 Å². The molecule has 1 saturated heterocycles. The lowest BCUT2D eigenvalue weighted by Crippen LogP contribution is -2.52. The van der Waals surface area contributed by atoms with E-state index in [0.717, 1.165) is 18.4 Å². The summed E-state index contributed by atoms with van der Waals surface area (Å²) in [5.41, 5.74) is 0.473. The normalized spacial score (nSPS) is 46.6. The van der Waals surface area contributed by atoms with E-state index in [9.17, 15) is 9.59 Å². The summed E-state index contributed by atoms with van der Waals surface area (Å²) in [7, 11) is 0. The van der Waals surface area contributed by atoms with Gasteiger partial charge in [0.1, 0.15) is 0 Å². The third-order valence-electron chi connectivity index (χ3n) is 5.49. The van der Waals surface area contributed by atoms with Gasteiger partial charge < -0.3 is 4.74 Å². The second kappa shape index (κ2) is 3.46. The molecule has 2 aliphatic carbocycles. The Morgan fingerprint density at radius 3 is 2.67 bits per heavy atom. The molecular formula is C15H20O3. The minimum absolute atomic E-state index is 0.0639. The summed E-state index contributed by atoms with van der Waals surface area (Å²) in [6.07, 6.45) is 1.24. The number of rotatable bonds is 1. The predicted molar refractivity (Wildman–Crippen MR) is 66.7 cm³/mol. The van der Waals surface area contributed by atoms with Crippen molar-refractivity contribution in [2.75, 3.05) is 0 Å². The molecule has 2 saturated carbocycles. The Balaban J connectivity index is 2.12. The lowest BCUT2D eigenvalue weighted by atomic mass is 9.57. The molecule has 0 radical (unpaired) electrons. The van der Waals surface area contributed by atoms with Gasteiger partial charge >= 0.3 is 5.97 Å². The number of hydrogen-bond donors (Lipinski definition) is 0. The van der Waals surface area contributed by atoms with Crippen LogP contribution in [0.2, 0.25) is 0 Å². The van der Waals surface area contributed by atoms with Crippen molar-refractivity contribution in [1.82, 2.24) is 0 Å². The maximum atomic E-state index is 12.7. The van der Waals surface area contributed by atoms with Gasteiger partial charge in [-0.05, 0) is 31.6 Å². The second-order valence-corrected chi connectivity index (χ2v) is 6.52. The summed E-state index contributed by atoms with van der Waals surface area (Å²) in [6.45, 7) is 10.2. The van der Waals surface area contributed by atoms with Crippen LogP contribution in [0.4, 0.5) is 0 Å². The van der Waals surface area contributed by atoms with Crippen LogP contribution in [0.5, 0.6) is 0 Å². The van der Waals surface area contributed by atoms with Gasteiger partial charge in [-0.2, -0.15) is 0 Å². The van der Waals surface area contributed by atoms with Gasteiger partial charge in [-0.3, -0.25) is 9.59 Å². The van der Waals surface area contributed by atoms with E-state index >= 15 is 0 Å². The molecule has 0 unspecified atom stereocenters. The highest BCUT2D eigenvalue weighted by Gasteiger charge is 2.67. The van der Waals surface area contributed by atoms with E-state index in [1.807, 2.05) is 6.92 Å². The van der Waals surface area contributed by atoms with Gasteiger partial charge in [0.05, 0.1) is 11.3 Å². The Morgan fingerprint density at radius 1 is 1.39 bits per heavy atom. The van der Waals surface area contributed by atoms with Crippen molar-refractivity contribution >= 4 is 11.8 Å². The number of ketones is 1. The van der Waals surface area contributed by atoms with E-state index < -0.39 is 11.5 Å². The van der Waals surface area contributed by atoms with Gasteiger partial charge in [-0.15, -0.1) is 0 Å². The SMILES string of the molecule is C=C1CC[C@H]2[C@H]3C(=O)O[C@@H](C(=O)[C@@]12C)[C@H]3C(C)C. The number of allylic oxidation sites excluding steroid dienone is 1. The molecule has 0 spiro atoms. The van der Waals surface area contributed by atoms with Crippen molar-refractivity contribution in [2.45, 2.75) is 39.7 Å². The molecule has 3 heteroatoms. The summed E-state index contributed by atoms with van der Waals surface area (Å²) in [5, 5.41) is 0. The number of fused-ring (bicyclic) bond motifs is 4. The maximum absolute atomic E-state index is 12.7. The molecule has 3 nitrogen and oxygen atoms in total. The molecule has 1 aliphatic heterocycles. The van der Waals surface area contributed by atoms with E-state index in [1.165, 1.54) is 0 Å². The third kappa shape index (κ3) is 1.15. The topological polar surface area (TPSA) is 43.4 Å². The van der Waals surface area contributed by atoms with Gasteiger partial charge in [-0.1, -0.05) is 26.0 Å². The third-order valence-corrected chi connectivity index (χ3v) is 5.49. The lowest BCUT2D eigenvalue weighted by Gasteiger charge is -2.42. The Morgan fingerprint density at radius 2 is 2.06 bits per heavy atom. The molecule has 18 heavy (non-hydrogen) atoms. The van der Waals surface area contributed by atoms with Crippen molar-refractivity contribution in [3.8, 4) is 0 Å². The zero-order valence-corrected chi connectivity index (χ0v) is 11.2. The van der Waals surface area contributed by atoms with Crippen molar-refractivity contribution in [3.63, 3.8) is 0 Å². The Hall–Kier alpha value is -1.12. The minimum atomic E-state index is -0.529. The van der Waals surface area contributed by atoms with Crippen LogP contribution in [0, 0.1) is 29.1 Å². The first-order valence-corrected chi connectivity index (χ1v) is 6.82. The fraction of sp³-hybridized carbons (Fsp3) is 0.733. The number of hydrogen-bond acceptors (Lipinski definition) is 3. The van der Waals surface area contributed by atoms with Crippen LogP contribution >= 0.6 is 0 Å². The van der Waals surface area contributed by atoms with Gasteiger partial charge in [0.25, 0.3) is 0 Å². The van der Waals surface area contributed by atoms with E-state index in [4.69, 9.17) is 4.74 Å². The molecule has 0 aromatic heterocycles. The fourth-order valence-corrected chi connectivity index (χ4v) is 4.38. The molecule has 3 aliphatic rings. The first kappa shape index (κ1) is 11.9. The fourth-order valence-electron chi connectivity index (χ4n) is 4.38. The number of ether oxygens (including phenoxy) is 1. The molecular weight excluding hydrogens is 228 g/mol. The summed E-state index contributed by atoms with van der Waals surface area (Å²) >= 11 is 0. The van der Waals surface area contributed by atoms with Gasteiger partial charge in [0.15, 0.2) is 11.9 Å². The van der Waals surface area contributed by atoms with Crippen LogP contribution in [0.1, 0.15) is 33.6 Å². The van der Waals surface area contributed by atoms with Crippen LogP contribution in [0.3, 0.4) is 0 Å². The van der Waals surface area contributed by atoms with Crippen LogP contribution in [-0.4, -0.2) is 17.9 Å². The van der Waals surface area contributed by atoms with E-state index in [-0.39, 0.29) is 29.5 Å². The standard InChI is InChI=1S/C15H20O3/c1-7(2)10-11-9-6-5-8(3)15(9,4)13(16)12(10)18-14(11)17/h7,9-12H,3,5-6H2,1-2,4H3/t9-,10-,11+,12+,15-/m0/s1. The zero-order valence-electron chi connectivity index (χ0n) is 11.2. The zero-order chi connectivity index (χ0) is 13.2. The van der Waals surface area contributed by atoms with Gasteiger partial charge in [0, 0.05) is 5.92 Å². The molecule has 3 rings (SSSR count). The van der Waals surface area contributed by atoms with Crippen LogP contribution < -0.4 is 0 Å². The Kier molecular flexibility index (Phi) is 2.30. The molecule has 2 bridgehead atoms. The maximum Gasteiger partial charge on any atom is 0.310 e. The average Bonchev–Trinajstić information content (AvgIpc) is 2.76. The summed E-state index contributed by atoms with van der Waals surface area (Å²) < 4.78 is 5.39. The number of esters is 1. The average molecular weight is 248 g/mol. The molecule has 0 N–H and O–H groups in total. The first-order valence-electron chi connectivity index (χ1n) is 6.82. The molecule has 5 atom stereocenters. The van der Waals surface area contributed by atoms with Crippen LogP contribution in [-0.2, 0) is 14.3 Å². The van der Waals surface area contributed by atoms with Gasteiger partial charge in [-0.25, -0.2) is 0 Å². The predicted octanol–water partition coefficient (Wildman–Crippen LogP) is 2.36. The summed E-state index contributed by atoms with van der Waals surface area (Å²) in [6, 6.07) is 0. The quantitative estimate of drug-likeness (QED) is 0.528. The van der Waals surface area contributed by atoms with Crippen LogP contribution in [0.15, 0.2) is 12.2 Å². The number of carbonyl (C=O) groups excluding carboxylic acids is 2. The van der Waals surface area contributed by atoms with Crippen molar-refractivity contribution in [3.05, 3.63) is 12.2 Å². The molecule has 1 heterocycles. The summed E-state index contributed by atoms with van der Waals surface area (Å²) in [4.78, 5) is 24.8. The molecule has 0 amide bonds. The smallest absolute Gasteiger partial charge is 0.310 e. The Bertz CT molecular complexity index is 451. The highest BCUT2D eigenvalue weighted by molar-refractivity contribution is 5.99. The molecule has 98 valence electrons. The number of carbonyl (C=O) groups is 2. The van der Waals surface area contributed by atoms with Gasteiger partial charge in [0.2, 0.25) is 0 Å². The molecule has 0 aromatic carbocycles. The highest BCUT2D eigenvalue weighted by atomic mass is 16.6. The minimum Gasteiger partial charge on any atom is -0.454 e.